The first kappa shape index (κ1) is 39.5. The van der Waals surface area contributed by atoms with E-state index >= 15 is 0 Å². The quantitative estimate of drug-likeness (QED) is 0.258. The Bertz CT molecular complexity index is 1730. The number of aromatic nitrogens is 2. The number of carbonyl (C=O) groups is 3. The molecule has 0 aliphatic heterocycles. The maximum absolute atomic E-state index is 14.3. The molecule has 11 nitrogen and oxygen atoms in total. The van der Waals surface area contributed by atoms with Crippen LogP contribution in [0.4, 0.5) is 0 Å². The fraction of sp³-hybridized carbons (Fsp3) is 0.538. The standard InChI is InChI=1S/C39H51N5O6.K.H/c1-23(2)29-21-26(37(46)43(5)15-9-14-42(3)4)12-13-31(29)44-32(35-33(49-6)10-8-11-34(35)50-7)22-30(41-44)36(45)40-39(38(47)48)27-17-24-16-25(19-27)20-28(39)18-24;;/h8,10-13,21-25,27-28H,9,14-20H2,1-7H3,(H,40,45)(H,47,48);;/q;+1;-1. The fourth-order valence-electron chi connectivity index (χ4n) is 9.03. The van der Waals surface area contributed by atoms with Gasteiger partial charge in [-0.1, -0.05) is 19.9 Å². The average Bonchev–Trinajstić information content (AvgIpc) is 3.53. The van der Waals surface area contributed by atoms with E-state index in [9.17, 15) is 19.5 Å². The first-order chi connectivity index (χ1) is 23.9. The third kappa shape index (κ3) is 7.55. The maximum Gasteiger partial charge on any atom is 1.00 e. The fourth-order valence-corrected chi connectivity index (χ4v) is 9.03. The Hall–Kier alpha value is -2.74. The Labute approximate surface area is 345 Å². The Morgan fingerprint density at radius 2 is 1.57 bits per heavy atom. The predicted molar refractivity (Wildman–Crippen MR) is 192 cm³/mol. The molecule has 0 spiro atoms. The van der Waals surface area contributed by atoms with Gasteiger partial charge in [0.25, 0.3) is 11.8 Å². The van der Waals surface area contributed by atoms with E-state index < -0.39 is 17.4 Å². The van der Waals surface area contributed by atoms with E-state index in [4.69, 9.17) is 14.6 Å². The van der Waals surface area contributed by atoms with Crippen molar-refractivity contribution in [2.45, 2.75) is 63.8 Å². The summed E-state index contributed by atoms with van der Waals surface area (Å²) in [5, 5.41) is 18.7. The summed E-state index contributed by atoms with van der Waals surface area (Å²) in [7, 11) is 9.00. The van der Waals surface area contributed by atoms with Gasteiger partial charge in [-0.05, 0) is 131 Å². The molecule has 7 rings (SSSR count). The summed E-state index contributed by atoms with van der Waals surface area (Å²) in [4.78, 5) is 44.7. The van der Waals surface area contributed by atoms with Crippen LogP contribution in [0.3, 0.4) is 0 Å². The molecule has 0 saturated heterocycles. The number of amides is 2. The van der Waals surface area contributed by atoms with E-state index in [1.54, 1.807) is 35.9 Å². The van der Waals surface area contributed by atoms with Crippen molar-refractivity contribution < 1.29 is 81.8 Å². The zero-order chi connectivity index (χ0) is 35.9. The number of hydrogen-bond acceptors (Lipinski definition) is 7. The zero-order valence-electron chi connectivity index (χ0n) is 32.4. The number of carboxylic acid groups (broad SMARTS) is 1. The smallest absolute Gasteiger partial charge is 1.00 e. The summed E-state index contributed by atoms with van der Waals surface area (Å²) in [6.45, 7) is 5.62. The topological polar surface area (TPSA) is 126 Å². The number of rotatable bonds is 13. The van der Waals surface area contributed by atoms with Gasteiger partial charge >= 0.3 is 57.4 Å². The van der Waals surface area contributed by atoms with E-state index in [0.717, 1.165) is 44.2 Å². The van der Waals surface area contributed by atoms with Crippen molar-refractivity contribution in [1.29, 1.82) is 0 Å². The Kier molecular flexibility index (Phi) is 12.5. The first-order valence-corrected chi connectivity index (χ1v) is 17.8. The van der Waals surface area contributed by atoms with E-state index in [1.165, 1.54) is 6.42 Å². The summed E-state index contributed by atoms with van der Waals surface area (Å²) in [5.41, 5.74) is 2.04. The normalized spacial score (nSPS) is 23.2. The van der Waals surface area contributed by atoms with E-state index in [0.29, 0.717) is 52.4 Å². The average molecular weight is 726 g/mol. The molecule has 2 N–H and O–H groups in total. The van der Waals surface area contributed by atoms with Crippen molar-refractivity contribution in [1.82, 2.24) is 24.9 Å². The molecular weight excluding hydrogens is 674 g/mol. The van der Waals surface area contributed by atoms with Crippen LogP contribution < -0.4 is 66.2 Å². The van der Waals surface area contributed by atoms with Crippen LogP contribution in [0.5, 0.6) is 11.5 Å². The minimum Gasteiger partial charge on any atom is -1.00 e. The van der Waals surface area contributed by atoms with Crippen LogP contribution in [0.25, 0.3) is 16.9 Å². The van der Waals surface area contributed by atoms with Crippen LogP contribution in [-0.4, -0.2) is 96.5 Å². The number of nitrogens with one attached hydrogen (secondary N) is 1. The zero-order valence-corrected chi connectivity index (χ0v) is 34.5. The molecule has 4 fully saturated rings. The molecular formula is C39H52KN5O6. The number of nitrogens with zero attached hydrogens (tertiary/aromatic N) is 4. The second-order valence-electron chi connectivity index (χ2n) is 15.1. The number of hydrogen-bond donors (Lipinski definition) is 2. The first-order valence-electron chi connectivity index (χ1n) is 17.8. The molecule has 4 saturated carbocycles. The van der Waals surface area contributed by atoms with Gasteiger partial charge in [-0.15, -0.1) is 0 Å². The van der Waals surface area contributed by atoms with Gasteiger partial charge in [-0.25, -0.2) is 9.48 Å². The molecule has 270 valence electrons. The Morgan fingerprint density at radius 3 is 2.10 bits per heavy atom. The second-order valence-corrected chi connectivity index (χ2v) is 15.1. The molecule has 1 aromatic heterocycles. The van der Waals surface area contributed by atoms with Crippen LogP contribution in [0.1, 0.15) is 86.1 Å². The summed E-state index contributed by atoms with van der Waals surface area (Å²) in [6, 6.07) is 12.7. The van der Waals surface area contributed by atoms with Crippen LogP contribution in [0, 0.1) is 23.7 Å². The van der Waals surface area contributed by atoms with Crippen molar-refractivity contribution in [3.05, 3.63) is 59.3 Å². The molecule has 2 amide bonds. The minimum atomic E-state index is -1.32. The third-order valence-corrected chi connectivity index (χ3v) is 11.3. The number of ether oxygens (including phenoxy) is 2. The summed E-state index contributed by atoms with van der Waals surface area (Å²) in [5.74, 6) is 0.360. The monoisotopic (exact) mass is 725 g/mol. The molecule has 0 radical (unpaired) electrons. The Balaban J connectivity index is 0.00000302. The van der Waals surface area contributed by atoms with E-state index in [2.05, 4.69) is 24.1 Å². The predicted octanol–water partition coefficient (Wildman–Crippen LogP) is 2.83. The van der Waals surface area contributed by atoms with Crippen molar-refractivity contribution in [3.63, 3.8) is 0 Å². The Morgan fingerprint density at radius 1 is 0.961 bits per heavy atom. The van der Waals surface area contributed by atoms with Gasteiger partial charge in [0.05, 0.1) is 31.2 Å². The number of benzene rings is 2. The molecule has 4 aliphatic rings. The second kappa shape index (κ2) is 16.1. The molecule has 4 aliphatic carbocycles. The number of carbonyl (C=O) groups excluding carboxylic acids is 2. The van der Waals surface area contributed by atoms with Gasteiger partial charge in [0.1, 0.15) is 17.0 Å². The SMILES string of the molecule is COc1cccc(OC)c1-c1cc(C(=O)NC2(C(=O)O)C3CC4CC(C3)CC2C4)nn1-c1ccc(C(=O)N(C)CCCN(C)C)cc1C(C)C.[H-].[K+]. The van der Waals surface area contributed by atoms with Crippen LogP contribution in [0.15, 0.2) is 42.5 Å². The van der Waals surface area contributed by atoms with Crippen LogP contribution in [-0.2, 0) is 4.79 Å². The number of aliphatic carboxylic acids is 1. The van der Waals surface area contributed by atoms with Crippen molar-refractivity contribution in [2.24, 2.45) is 23.7 Å². The summed E-state index contributed by atoms with van der Waals surface area (Å²) < 4.78 is 13.3. The van der Waals surface area contributed by atoms with Gasteiger partial charge in [-0.3, -0.25) is 9.59 Å². The molecule has 4 bridgehead atoms. The van der Waals surface area contributed by atoms with Gasteiger partial charge in [0.2, 0.25) is 0 Å². The van der Waals surface area contributed by atoms with Gasteiger partial charge in [-0.2, -0.15) is 5.10 Å². The molecule has 12 heteroatoms. The molecule has 1 heterocycles. The third-order valence-electron chi connectivity index (χ3n) is 11.3. The van der Waals surface area contributed by atoms with Gasteiger partial charge < -0.3 is 31.1 Å². The molecule has 0 unspecified atom stereocenters. The van der Waals surface area contributed by atoms with E-state index in [1.807, 2.05) is 51.5 Å². The van der Waals surface area contributed by atoms with Crippen molar-refractivity contribution in [3.8, 4) is 28.4 Å². The summed E-state index contributed by atoms with van der Waals surface area (Å²) >= 11 is 0. The maximum atomic E-state index is 14.3. The largest absolute Gasteiger partial charge is 1.00 e. The van der Waals surface area contributed by atoms with Gasteiger partial charge in [0, 0.05) is 19.2 Å². The molecule has 3 aromatic rings. The molecule has 51 heavy (non-hydrogen) atoms. The van der Waals surface area contributed by atoms with Crippen LogP contribution in [0.2, 0.25) is 0 Å². The number of carboxylic acids is 1. The van der Waals surface area contributed by atoms with Gasteiger partial charge in [0.15, 0.2) is 5.69 Å². The van der Waals surface area contributed by atoms with Crippen molar-refractivity contribution in [2.75, 3.05) is 48.5 Å². The molecule has 2 aromatic carbocycles. The van der Waals surface area contributed by atoms with Crippen LogP contribution >= 0.6 is 0 Å². The minimum absolute atomic E-state index is 0. The molecule has 0 atom stereocenters. The number of methoxy groups -OCH3 is 2. The summed E-state index contributed by atoms with van der Waals surface area (Å²) in [6.07, 6.45) is 5.33. The van der Waals surface area contributed by atoms with Crippen molar-refractivity contribution >= 4 is 17.8 Å². The van der Waals surface area contributed by atoms with E-state index in [-0.39, 0.29) is 82.2 Å².